The van der Waals surface area contributed by atoms with Crippen LogP contribution in [0.3, 0.4) is 0 Å². The van der Waals surface area contributed by atoms with Crippen molar-refractivity contribution in [2.45, 2.75) is 70.8 Å². The number of ether oxygens (including phenoxy) is 1. The first-order chi connectivity index (χ1) is 13.3. The largest absolute Gasteiger partial charge is 0.467 e. The van der Waals surface area contributed by atoms with Crippen LogP contribution in [0.1, 0.15) is 63.5 Å². The lowest BCUT2D eigenvalue weighted by molar-refractivity contribution is -0.155. The number of nitrogens with one attached hydrogen (secondary N) is 1. The third-order valence-electron chi connectivity index (χ3n) is 7.62. The van der Waals surface area contributed by atoms with Crippen molar-refractivity contribution >= 4 is 11.9 Å². The number of carbonyl (C=O) groups is 2. The number of aryl methyl sites for hydroxylation is 1. The van der Waals surface area contributed by atoms with Crippen LogP contribution in [0.15, 0.2) is 24.3 Å². The van der Waals surface area contributed by atoms with Crippen LogP contribution in [0.4, 0.5) is 0 Å². The molecule has 4 aliphatic carbocycles. The van der Waals surface area contributed by atoms with Crippen molar-refractivity contribution in [3.8, 4) is 0 Å². The van der Waals surface area contributed by atoms with Gasteiger partial charge in [-0.2, -0.15) is 0 Å². The van der Waals surface area contributed by atoms with Crippen molar-refractivity contribution < 1.29 is 14.3 Å². The number of amides is 1. The van der Waals surface area contributed by atoms with Gasteiger partial charge in [0.1, 0.15) is 6.04 Å². The summed E-state index contributed by atoms with van der Waals surface area (Å²) in [6.07, 6.45) is 6.50. The van der Waals surface area contributed by atoms with Crippen LogP contribution in [-0.4, -0.2) is 25.0 Å². The van der Waals surface area contributed by atoms with E-state index in [-0.39, 0.29) is 28.6 Å². The zero-order valence-corrected chi connectivity index (χ0v) is 17.6. The van der Waals surface area contributed by atoms with Gasteiger partial charge in [0.2, 0.25) is 5.91 Å². The molecule has 1 aromatic carbocycles. The van der Waals surface area contributed by atoms with Crippen molar-refractivity contribution in [1.29, 1.82) is 0 Å². The molecule has 4 heteroatoms. The van der Waals surface area contributed by atoms with E-state index in [0.717, 1.165) is 19.3 Å². The number of hydrogen-bond donors (Lipinski definition) is 1. The van der Waals surface area contributed by atoms with Crippen LogP contribution in [0.2, 0.25) is 0 Å². The third kappa shape index (κ3) is 3.15. The quantitative estimate of drug-likeness (QED) is 0.777. The molecule has 5 atom stereocenters. The SMILES string of the molecule is COC(=O)[C@H](NC(=O)C12C[C@H]3C[C@@H](C1)CC(c1ccc(C)cc1)(C3)C2)C(C)C. The van der Waals surface area contributed by atoms with Gasteiger partial charge in [-0.25, -0.2) is 4.79 Å². The Kier molecular flexibility index (Phi) is 4.79. The van der Waals surface area contributed by atoms with Gasteiger partial charge in [0.25, 0.3) is 0 Å². The first-order valence-electron chi connectivity index (χ1n) is 10.7. The topological polar surface area (TPSA) is 55.4 Å². The highest BCUT2D eigenvalue weighted by Gasteiger charge is 2.61. The smallest absolute Gasteiger partial charge is 0.328 e. The van der Waals surface area contributed by atoms with Gasteiger partial charge in [0, 0.05) is 0 Å². The average Bonchev–Trinajstić information content (AvgIpc) is 2.64. The summed E-state index contributed by atoms with van der Waals surface area (Å²) in [5.74, 6) is 0.966. The van der Waals surface area contributed by atoms with E-state index in [1.807, 2.05) is 13.8 Å². The van der Waals surface area contributed by atoms with Crippen molar-refractivity contribution in [2.75, 3.05) is 7.11 Å². The minimum absolute atomic E-state index is 0.0105. The van der Waals surface area contributed by atoms with E-state index in [2.05, 4.69) is 36.5 Å². The molecular formula is C24H33NO3. The lowest BCUT2D eigenvalue weighted by Crippen LogP contribution is -2.61. The molecule has 0 spiro atoms. The summed E-state index contributed by atoms with van der Waals surface area (Å²) in [4.78, 5) is 25.7. The lowest BCUT2D eigenvalue weighted by Gasteiger charge is -2.61. The van der Waals surface area contributed by atoms with E-state index in [4.69, 9.17) is 4.74 Å². The molecule has 152 valence electrons. The van der Waals surface area contributed by atoms with Crippen molar-refractivity contribution in [3.63, 3.8) is 0 Å². The monoisotopic (exact) mass is 383 g/mol. The summed E-state index contributed by atoms with van der Waals surface area (Å²) in [5, 5.41) is 3.09. The van der Waals surface area contributed by atoms with Gasteiger partial charge in [0.05, 0.1) is 12.5 Å². The van der Waals surface area contributed by atoms with Crippen LogP contribution in [0, 0.1) is 30.1 Å². The lowest BCUT2D eigenvalue weighted by atomic mass is 9.42. The Balaban J connectivity index is 1.63. The molecule has 0 aliphatic heterocycles. The highest BCUT2D eigenvalue weighted by atomic mass is 16.5. The summed E-state index contributed by atoms with van der Waals surface area (Å²) in [6.45, 7) is 6.03. The summed E-state index contributed by atoms with van der Waals surface area (Å²) >= 11 is 0. The first kappa shape index (κ1) is 19.5. The van der Waals surface area contributed by atoms with Crippen LogP contribution in [-0.2, 0) is 19.7 Å². The normalized spacial score (nSPS) is 34.3. The fraction of sp³-hybridized carbons (Fsp3) is 0.667. The molecule has 28 heavy (non-hydrogen) atoms. The minimum atomic E-state index is -0.569. The molecule has 1 N–H and O–H groups in total. The van der Waals surface area contributed by atoms with Gasteiger partial charge < -0.3 is 10.1 Å². The number of carbonyl (C=O) groups excluding carboxylic acids is 2. The molecule has 5 rings (SSSR count). The van der Waals surface area contributed by atoms with E-state index >= 15 is 0 Å². The van der Waals surface area contributed by atoms with Crippen molar-refractivity contribution in [2.24, 2.45) is 23.2 Å². The zero-order valence-electron chi connectivity index (χ0n) is 17.6. The predicted molar refractivity (Wildman–Crippen MR) is 109 cm³/mol. The number of methoxy groups -OCH3 is 1. The second-order valence-electron chi connectivity index (χ2n) is 10.1. The maximum absolute atomic E-state index is 13.5. The van der Waals surface area contributed by atoms with Gasteiger partial charge in [-0.3, -0.25) is 4.79 Å². The molecule has 1 amide bonds. The highest BCUT2D eigenvalue weighted by Crippen LogP contribution is 2.65. The fourth-order valence-electron chi connectivity index (χ4n) is 6.69. The minimum Gasteiger partial charge on any atom is -0.467 e. The number of rotatable bonds is 5. The van der Waals surface area contributed by atoms with Gasteiger partial charge in [-0.05, 0) is 74.2 Å². The summed E-state index contributed by atoms with van der Waals surface area (Å²) in [7, 11) is 1.39. The maximum Gasteiger partial charge on any atom is 0.328 e. The summed E-state index contributed by atoms with van der Waals surface area (Å²) in [6, 6.07) is 8.39. The Labute approximate surface area is 168 Å². The predicted octanol–water partition coefficient (Wildman–Crippen LogP) is 4.15. The van der Waals surface area contributed by atoms with E-state index in [9.17, 15) is 9.59 Å². The number of hydrogen-bond acceptors (Lipinski definition) is 3. The summed E-state index contributed by atoms with van der Waals surface area (Å²) < 4.78 is 4.94. The van der Waals surface area contributed by atoms with Gasteiger partial charge in [0.15, 0.2) is 0 Å². The van der Waals surface area contributed by atoms with Crippen LogP contribution in [0.25, 0.3) is 0 Å². The number of benzene rings is 1. The van der Waals surface area contributed by atoms with Gasteiger partial charge in [-0.1, -0.05) is 43.7 Å². The van der Waals surface area contributed by atoms with Crippen LogP contribution < -0.4 is 5.32 Å². The zero-order chi connectivity index (χ0) is 20.1. The van der Waals surface area contributed by atoms with Crippen molar-refractivity contribution in [1.82, 2.24) is 5.32 Å². The van der Waals surface area contributed by atoms with Crippen LogP contribution >= 0.6 is 0 Å². The molecule has 4 bridgehead atoms. The third-order valence-corrected chi connectivity index (χ3v) is 7.62. The highest BCUT2D eigenvalue weighted by molar-refractivity contribution is 5.88. The number of esters is 1. The van der Waals surface area contributed by atoms with Crippen LogP contribution in [0.5, 0.6) is 0 Å². The second-order valence-corrected chi connectivity index (χ2v) is 10.1. The second kappa shape index (κ2) is 6.89. The summed E-state index contributed by atoms with van der Waals surface area (Å²) in [5.41, 5.74) is 2.46. The first-order valence-corrected chi connectivity index (χ1v) is 10.7. The van der Waals surface area contributed by atoms with E-state index in [1.54, 1.807) is 0 Å². The van der Waals surface area contributed by atoms with Gasteiger partial charge >= 0.3 is 5.97 Å². The standard InChI is InChI=1S/C24H33NO3/c1-15(2)20(21(26)28-4)25-22(27)24-12-17-9-18(13-24)11-23(10-17,14-24)19-7-5-16(3)6-8-19/h5-8,15,17-18,20H,9-14H2,1-4H3,(H,25,27)/t17-,18+,20-,23?,24?/m1/s1. The van der Waals surface area contributed by atoms with E-state index in [1.165, 1.54) is 37.5 Å². The van der Waals surface area contributed by atoms with E-state index in [0.29, 0.717) is 11.8 Å². The van der Waals surface area contributed by atoms with E-state index < -0.39 is 6.04 Å². The Bertz CT molecular complexity index is 753. The van der Waals surface area contributed by atoms with Crippen molar-refractivity contribution in [3.05, 3.63) is 35.4 Å². The Hall–Kier alpha value is -1.84. The molecule has 0 heterocycles. The molecular weight excluding hydrogens is 350 g/mol. The van der Waals surface area contributed by atoms with Gasteiger partial charge in [-0.15, -0.1) is 0 Å². The molecule has 0 aromatic heterocycles. The Morgan fingerprint density at radius 1 is 1.07 bits per heavy atom. The molecule has 4 nitrogen and oxygen atoms in total. The molecule has 4 aliphatic rings. The fourth-order valence-corrected chi connectivity index (χ4v) is 6.69. The molecule has 0 saturated heterocycles. The molecule has 4 saturated carbocycles. The molecule has 0 radical (unpaired) electrons. The average molecular weight is 384 g/mol. The maximum atomic E-state index is 13.5. The molecule has 4 fully saturated rings. The Morgan fingerprint density at radius 2 is 1.68 bits per heavy atom. The Morgan fingerprint density at radius 3 is 2.21 bits per heavy atom. The molecule has 1 aromatic rings. The molecule has 2 unspecified atom stereocenters.